The summed E-state index contributed by atoms with van der Waals surface area (Å²) in [6.07, 6.45) is 9.12. The fourth-order valence-corrected chi connectivity index (χ4v) is 6.53. The predicted molar refractivity (Wildman–Crippen MR) is 169 cm³/mol. The van der Waals surface area contributed by atoms with Crippen LogP contribution in [0, 0.1) is 6.92 Å². The molecule has 1 unspecified atom stereocenters. The molecule has 1 aliphatic rings. The van der Waals surface area contributed by atoms with Crippen LogP contribution >= 0.6 is 0 Å². The van der Waals surface area contributed by atoms with E-state index >= 15 is 0 Å². The van der Waals surface area contributed by atoms with Crippen LogP contribution in [0.25, 0.3) is 12.2 Å². The average Bonchev–Trinajstić information content (AvgIpc) is 3.52. The van der Waals surface area contributed by atoms with Gasteiger partial charge in [-0.25, -0.2) is 13.2 Å². The molecule has 0 aliphatic carbocycles. The summed E-state index contributed by atoms with van der Waals surface area (Å²) in [4.78, 5) is 15.5. The second kappa shape index (κ2) is 14.5. The third kappa shape index (κ3) is 8.68. The van der Waals surface area contributed by atoms with Crippen molar-refractivity contribution in [3.05, 3.63) is 41.0 Å². The number of anilines is 1. The van der Waals surface area contributed by atoms with Gasteiger partial charge in [-0.2, -0.15) is 9.61 Å². The molecule has 0 bridgehead atoms. The van der Waals surface area contributed by atoms with Gasteiger partial charge < -0.3 is 14.4 Å². The number of unbranched alkanes of at least 4 members (excludes halogenated alkanes) is 7. The molecule has 3 heterocycles. The van der Waals surface area contributed by atoms with Crippen LogP contribution in [0.15, 0.2) is 24.3 Å². The Bertz CT molecular complexity index is 1490. The number of aromatic nitrogens is 4. The number of aryl methyl sites for hydroxylation is 1. The largest absolute Gasteiger partial charge is 0.479 e. The van der Waals surface area contributed by atoms with E-state index in [1.165, 1.54) is 32.1 Å². The lowest BCUT2D eigenvalue weighted by atomic mass is 9.94. The number of fused-ring (bicyclic) bond motifs is 1. The average molecular weight is 614 g/mol. The highest BCUT2D eigenvalue weighted by Crippen LogP contribution is 2.25. The first-order chi connectivity index (χ1) is 20.5. The van der Waals surface area contributed by atoms with Gasteiger partial charge in [-0.05, 0) is 57.9 Å². The number of carbonyl (C=O) groups is 1. The van der Waals surface area contributed by atoms with E-state index in [1.54, 1.807) is 4.52 Å². The Morgan fingerprint density at radius 3 is 2.28 bits per heavy atom. The van der Waals surface area contributed by atoms with Crippen molar-refractivity contribution in [2.24, 2.45) is 0 Å². The molecule has 2 aromatic heterocycles. The van der Waals surface area contributed by atoms with Crippen LogP contribution in [-0.2, 0) is 24.8 Å². The quantitative estimate of drug-likeness (QED) is 0.169. The van der Waals surface area contributed by atoms with Gasteiger partial charge in [0, 0.05) is 24.0 Å². The smallest absolute Gasteiger partial charge is 0.347 e. The minimum atomic E-state index is -2.95. The lowest BCUT2D eigenvalue weighted by Gasteiger charge is -2.29. The topological polar surface area (TPSA) is 116 Å². The standard InChI is InChI=1S/C32H47N5O5S/c1-6-7-8-9-10-11-12-13-14-28(42-27-17-15-26(16-18-27)36-19-21-43(39,40)22-20-36)30(38)41-23-32(4,5)31-34-33-29-24(2)25(3)35-37(29)31/h15-18,28H,2,6-14,19-23H2,1,3-5H3. The van der Waals surface area contributed by atoms with Gasteiger partial charge in [0.25, 0.3) is 0 Å². The first-order valence-corrected chi connectivity index (χ1v) is 17.4. The summed E-state index contributed by atoms with van der Waals surface area (Å²) in [5, 5.41) is 13.8. The van der Waals surface area contributed by atoms with E-state index in [-0.39, 0.29) is 18.1 Å². The molecule has 0 N–H and O–H groups in total. The number of rotatable bonds is 16. The van der Waals surface area contributed by atoms with Gasteiger partial charge in [0.1, 0.15) is 12.4 Å². The Morgan fingerprint density at radius 1 is 1.00 bits per heavy atom. The molecule has 0 spiro atoms. The molecule has 236 valence electrons. The van der Waals surface area contributed by atoms with Gasteiger partial charge in [-0.1, -0.05) is 58.4 Å². The molecule has 4 rings (SSSR count). The van der Waals surface area contributed by atoms with Crippen molar-refractivity contribution >= 4 is 33.7 Å². The number of sulfone groups is 1. The van der Waals surface area contributed by atoms with Gasteiger partial charge in [0.2, 0.25) is 0 Å². The fraction of sp³-hybridized carbons (Fsp3) is 0.625. The summed E-state index contributed by atoms with van der Waals surface area (Å²) in [6, 6.07) is 7.50. The van der Waals surface area contributed by atoms with Crippen LogP contribution in [0.2, 0.25) is 0 Å². The maximum Gasteiger partial charge on any atom is 0.347 e. The highest BCUT2D eigenvalue weighted by atomic mass is 32.2. The minimum Gasteiger partial charge on any atom is -0.479 e. The fourth-order valence-electron chi connectivity index (χ4n) is 5.32. The van der Waals surface area contributed by atoms with Crippen LogP contribution in [0.5, 0.6) is 5.75 Å². The van der Waals surface area contributed by atoms with E-state index in [4.69, 9.17) is 9.47 Å². The molecule has 11 heteroatoms. The summed E-state index contributed by atoms with van der Waals surface area (Å²) in [7, 11) is -2.95. The van der Waals surface area contributed by atoms with Crippen molar-refractivity contribution in [3.63, 3.8) is 0 Å². The van der Waals surface area contributed by atoms with E-state index in [0.29, 0.717) is 36.7 Å². The maximum absolute atomic E-state index is 13.4. The Labute approximate surface area is 255 Å². The lowest BCUT2D eigenvalue weighted by Crippen LogP contribution is -2.40. The zero-order chi connectivity index (χ0) is 31.0. The van der Waals surface area contributed by atoms with Crippen molar-refractivity contribution in [2.75, 3.05) is 36.1 Å². The molecule has 43 heavy (non-hydrogen) atoms. The van der Waals surface area contributed by atoms with Crippen molar-refractivity contribution in [3.8, 4) is 5.75 Å². The SMILES string of the molecule is C=c1c(C)nn2c(C(C)(C)COC(=O)C(CCCCCCCCCC)Oc3ccc(N4CCS(=O)(=O)CC4)cc3)nnc12. The summed E-state index contributed by atoms with van der Waals surface area (Å²) >= 11 is 0. The predicted octanol–water partition coefficient (Wildman–Crippen LogP) is 4.60. The Balaban J connectivity index is 1.38. The van der Waals surface area contributed by atoms with Crippen molar-refractivity contribution in [2.45, 2.75) is 97.0 Å². The van der Waals surface area contributed by atoms with E-state index in [0.717, 1.165) is 35.9 Å². The molecule has 1 atom stereocenters. The van der Waals surface area contributed by atoms with E-state index < -0.39 is 27.3 Å². The number of carbonyl (C=O) groups excluding carboxylic acids is 1. The minimum absolute atomic E-state index is 0.0963. The van der Waals surface area contributed by atoms with Crippen molar-refractivity contribution < 1.29 is 22.7 Å². The second-order valence-corrected chi connectivity index (χ2v) is 14.6. The number of benzene rings is 1. The molecular formula is C32H47N5O5S. The summed E-state index contributed by atoms with van der Waals surface area (Å²) in [5.41, 5.74) is 1.70. The summed E-state index contributed by atoms with van der Waals surface area (Å²) in [5.74, 6) is 1.09. The number of nitrogens with zero attached hydrogens (tertiary/aromatic N) is 5. The highest BCUT2D eigenvalue weighted by molar-refractivity contribution is 7.91. The molecule has 0 saturated carbocycles. The van der Waals surface area contributed by atoms with Crippen LogP contribution in [0.1, 0.15) is 90.1 Å². The van der Waals surface area contributed by atoms with Crippen LogP contribution in [0.4, 0.5) is 5.69 Å². The van der Waals surface area contributed by atoms with Gasteiger partial charge in [0.15, 0.2) is 27.4 Å². The summed E-state index contributed by atoms with van der Waals surface area (Å²) < 4.78 is 37.4. The number of hydrogen-bond donors (Lipinski definition) is 0. The first-order valence-electron chi connectivity index (χ1n) is 15.6. The Morgan fingerprint density at radius 2 is 1.63 bits per heavy atom. The van der Waals surface area contributed by atoms with Crippen molar-refractivity contribution in [1.29, 1.82) is 0 Å². The van der Waals surface area contributed by atoms with E-state index in [1.807, 2.05) is 45.0 Å². The molecule has 1 saturated heterocycles. The van der Waals surface area contributed by atoms with Crippen LogP contribution < -0.4 is 14.9 Å². The maximum atomic E-state index is 13.4. The molecule has 1 fully saturated rings. The Hall–Kier alpha value is -3.21. The van der Waals surface area contributed by atoms with Crippen LogP contribution in [-0.4, -0.2) is 71.5 Å². The summed E-state index contributed by atoms with van der Waals surface area (Å²) in [6.45, 7) is 13.1. The third-order valence-corrected chi connectivity index (χ3v) is 9.79. The zero-order valence-corrected chi connectivity index (χ0v) is 27.0. The molecule has 0 radical (unpaired) electrons. The Kier molecular flexibility index (Phi) is 11.0. The van der Waals surface area contributed by atoms with Crippen molar-refractivity contribution in [1.82, 2.24) is 19.8 Å². The molecule has 1 aliphatic heterocycles. The normalized spacial score (nSPS) is 16.0. The molecule has 10 nitrogen and oxygen atoms in total. The molecule has 0 amide bonds. The second-order valence-electron chi connectivity index (χ2n) is 12.3. The third-order valence-electron chi connectivity index (χ3n) is 8.19. The highest BCUT2D eigenvalue weighted by Gasteiger charge is 2.32. The monoisotopic (exact) mass is 613 g/mol. The van der Waals surface area contributed by atoms with E-state index in [2.05, 4.69) is 33.7 Å². The molecular weight excluding hydrogens is 566 g/mol. The van der Waals surface area contributed by atoms with Gasteiger partial charge in [0.05, 0.1) is 22.6 Å². The van der Waals surface area contributed by atoms with E-state index in [9.17, 15) is 13.2 Å². The van der Waals surface area contributed by atoms with Gasteiger partial charge >= 0.3 is 5.97 Å². The van der Waals surface area contributed by atoms with Gasteiger partial charge in [-0.15, -0.1) is 10.2 Å². The van der Waals surface area contributed by atoms with Crippen LogP contribution in [0.3, 0.4) is 0 Å². The zero-order valence-electron chi connectivity index (χ0n) is 26.2. The number of hydrogen-bond acceptors (Lipinski definition) is 9. The number of esters is 1. The first kappa shape index (κ1) is 32.7. The lowest BCUT2D eigenvalue weighted by molar-refractivity contribution is -0.154. The molecule has 3 aromatic rings. The molecule has 1 aromatic carbocycles. The van der Waals surface area contributed by atoms with Gasteiger partial charge in [-0.3, -0.25) is 0 Å². The number of ether oxygens (including phenoxy) is 2.